The number of anilines is 1. The summed E-state index contributed by atoms with van der Waals surface area (Å²) in [6.07, 6.45) is 7.27. The largest absolute Gasteiger partial charge is 0.399 e. The van der Waals surface area contributed by atoms with Crippen LogP contribution in [0.15, 0.2) is 24.3 Å². The van der Waals surface area contributed by atoms with Gasteiger partial charge in [0.05, 0.1) is 6.42 Å². The monoisotopic (exact) mass is 284 g/mol. The number of hydrogen-bond donors (Lipinski definition) is 2. The molecule has 0 radical (unpaired) electrons. The molecule has 0 saturated heterocycles. The van der Waals surface area contributed by atoms with Gasteiger partial charge >= 0.3 is 0 Å². The molecule has 0 unspecified atom stereocenters. The molecule has 0 spiro atoms. The number of nitrogens with two attached hydrogens (primary N) is 1. The van der Waals surface area contributed by atoms with Crippen LogP contribution in [-0.2, 0) is 11.2 Å². The minimum Gasteiger partial charge on any atom is -0.399 e. The van der Waals surface area contributed by atoms with E-state index in [1.54, 1.807) is 0 Å². The number of nitrogen functional groups attached to an aromatic ring is 1. The standard InChI is InChI=1S/C18H24N2O/c19-13-4-1-3-11(7-13)8-18(21)20-17-10-12-9-16(17)15-6-2-5-14(12)15/h1,3-4,7,12,14-17H,2,5-6,8-10,19H2,(H,20,21)/t12-,14+,15+,16+,17-/m1/s1. The van der Waals surface area contributed by atoms with Crippen LogP contribution in [-0.4, -0.2) is 11.9 Å². The molecule has 3 aliphatic rings. The van der Waals surface area contributed by atoms with E-state index in [2.05, 4.69) is 5.32 Å². The number of nitrogens with one attached hydrogen (secondary N) is 1. The summed E-state index contributed by atoms with van der Waals surface area (Å²) in [4.78, 5) is 12.3. The average Bonchev–Trinajstić information content (AvgIpc) is 3.09. The number of rotatable bonds is 3. The lowest BCUT2D eigenvalue weighted by molar-refractivity contribution is -0.121. The van der Waals surface area contributed by atoms with Crippen molar-refractivity contribution in [1.82, 2.24) is 5.32 Å². The van der Waals surface area contributed by atoms with E-state index >= 15 is 0 Å². The molecule has 3 heteroatoms. The molecule has 3 nitrogen and oxygen atoms in total. The highest BCUT2D eigenvalue weighted by Crippen LogP contribution is 2.58. The molecule has 0 heterocycles. The lowest BCUT2D eigenvalue weighted by Crippen LogP contribution is -2.43. The predicted octanol–water partition coefficient (Wildman–Crippen LogP) is 2.75. The lowest BCUT2D eigenvalue weighted by atomic mass is 9.79. The van der Waals surface area contributed by atoms with E-state index in [1.807, 2.05) is 24.3 Å². The number of benzene rings is 1. The lowest BCUT2D eigenvalue weighted by Gasteiger charge is -2.32. The molecular weight excluding hydrogens is 260 g/mol. The van der Waals surface area contributed by atoms with Gasteiger partial charge in [0, 0.05) is 11.7 Å². The fourth-order valence-electron chi connectivity index (χ4n) is 5.38. The molecule has 3 N–H and O–H groups in total. The van der Waals surface area contributed by atoms with Gasteiger partial charge in [0.15, 0.2) is 0 Å². The zero-order valence-electron chi connectivity index (χ0n) is 12.4. The predicted molar refractivity (Wildman–Crippen MR) is 83.5 cm³/mol. The number of carbonyl (C=O) groups excluding carboxylic acids is 1. The van der Waals surface area contributed by atoms with Crippen molar-refractivity contribution in [2.24, 2.45) is 23.7 Å². The van der Waals surface area contributed by atoms with Gasteiger partial charge in [-0.2, -0.15) is 0 Å². The first kappa shape index (κ1) is 13.2. The Kier molecular flexibility index (Phi) is 3.16. The second-order valence-electron chi connectivity index (χ2n) is 7.25. The molecule has 1 aromatic carbocycles. The van der Waals surface area contributed by atoms with Crippen molar-refractivity contribution in [3.63, 3.8) is 0 Å². The van der Waals surface area contributed by atoms with Crippen LogP contribution in [0.5, 0.6) is 0 Å². The van der Waals surface area contributed by atoms with Crippen LogP contribution in [0.3, 0.4) is 0 Å². The van der Waals surface area contributed by atoms with Gasteiger partial charge in [0.2, 0.25) is 5.91 Å². The van der Waals surface area contributed by atoms with Gasteiger partial charge in [0.1, 0.15) is 0 Å². The first-order chi connectivity index (χ1) is 10.2. The molecule has 3 saturated carbocycles. The number of hydrogen-bond acceptors (Lipinski definition) is 2. The molecule has 3 aliphatic carbocycles. The van der Waals surface area contributed by atoms with Crippen LogP contribution in [0.2, 0.25) is 0 Å². The molecule has 112 valence electrons. The zero-order chi connectivity index (χ0) is 14.4. The fourth-order valence-corrected chi connectivity index (χ4v) is 5.38. The minimum atomic E-state index is 0.160. The highest BCUT2D eigenvalue weighted by molar-refractivity contribution is 5.79. The van der Waals surface area contributed by atoms with E-state index in [1.165, 1.54) is 32.1 Å². The molecule has 0 aromatic heterocycles. The molecule has 0 aliphatic heterocycles. The van der Waals surface area contributed by atoms with E-state index in [0.717, 1.165) is 34.9 Å². The van der Waals surface area contributed by atoms with Gasteiger partial charge in [0.25, 0.3) is 0 Å². The molecule has 3 fully saturated rings. The number of carbonyl (C=O) groups is 1. The van der Waals surface area contributed by atoms with Gasteiger partial charge in [-0.05, 0) is 67.1 Å². The van der Waals surface area contributed by atoms with Crippen molar-refractivity contribution in [2.45, 2.75) is 44.6 Å². The van der Waals surface area contributed by atoms with Crippen molar-refractivity contribution < 1.29 is 4.79 Å². The van der Waals surface area contributed by atoms with Gasteiger partial charge in [-0.3, -0.25) is 4.79 Å². The quantitative estimate of drug-likeness (QED) is 0.839. The summed E-state index contributed by atoms with van der Waals surface area (Å²) in [6.45, 7) is 0. The Bertz CT molecular complexity index is 556. The second-order valence-corrected chi connectivity index (χ2v) is 7.25. The molecule has 4 rings (SSSR count). The molecule has 21 heavy (non-hydrogen) atoms. The van der Waals surface area contributed by atoms with Crippen LogP contribution in [0.4, 0.5) is 5.69 Å². The van der Waals surface area contributed by atoms with Crippen molar-refractivity contribution >= 4 is 11.6 Å². The van der Waals surface area contributed by atoms with E-state index in [0.29, 0.717) is 12.5 Å². The maximum atomic E-state index is 12.3. The summed E-state index contributed by atoms with van der Waals surface area (Å²) in [5.41, 5.74) is 7.51. The van der Waals surface area contributed by atoms with Crippen LogP contribution in [0, 0.1) is 23.7 Å². The Hall–Kier alpha value is -1.51. The summed E-state index contributed by atoms with van der Waals surface area (Å²) >= 11 is 0. The van der Waals surface area contributed by atoms with Crippen molar-refractivity contribution in [3.8, 4) is 0 Å². The maximum Gasteiger partial charge on any atom is 0.224 e. The number of amides is 1. The Balaban J connectivity index is 1.37. The SMILES string of the molecule is Nc1cccc(CC(=O)N[C@@H]2C[C@H]3C[C@H]2[C@H]2CCC[C@@H]32)c1. The average molecular weight is 284 g/mol. The van der Waals surface area contributed by atoms with Crippen LogP contribution in [0.1, 0.15) is 37.7 Å². The molecule has 5 atom stereocenters. The Morgan fingerprint density at radius 2 is 2.05 bits per heavy atom. The summed E-state index contributed by atoms with van der Waals surface area (Å²) in [5.74, 6) is 3.69. The number of fused-ring (bicyclic) bond motifs is 5. The van der Waals surface area contributed by atoms with Crippen LogP contribution in [0.25, 0.3) is 0 Å². The van der Waals surface area contributed by atoms with Crippen molar-refractivity contribution in [2.75, 3.05) is 5.73 Å². The van der Waals surface area contributed by atoms with Gasteiger partial charge in [-0.15, -0.1) is 0 Å². The Morgan fingerprint density at radius 1 is 1.19 bits per heavy atom. The Labute approximate surface area is 126 Å². The topological polar surface area (TPSA) is 55.1 Å². The minimum absolute atomic E-state index is 0.160. The van der Waals surface area contributed by atoms with Gasteiger partial charge in [-0.25, -0.2) is 0 Å². The molecule has 2 bridgehead atoms. The third kappa shape index (κ3) is 2.33. The van der Waals surface area contributed by atoms with Gasteiger partial charge in [-0.1, -0.05) is 18.6 Å². The normalized spacial score (nSPS) is 36.7. The van der Waals surface area contributed by atoms with Gasteiger partial charge < -0.3 is 11.1 Å². The smallest absolute Gasteiger partial charge is 0.224 e. The first-order valence-corrected chi connectivity index (χ1v) is 8.34. The van der Waals surface area contributed by atoms with Crippen molar-refractivity contribution in [3.05, 3.63) is 29.8 Å². The van der Waals surface area contributed by atoms with E-state index in [4.69, 9.17) is 5.73 Å². The van der Waals surface area contributed by atoms with Crippen LogP contribution >= 0.6 is 0 Å². The third-order valence-electron chi connectivity index (χ3n) is 6.09. The van der Waals surface area contributed by atoms with E-state index in [9.17, 15) is 4.79 Å². The van der Waals surface area contributed by atoms with Crippen LogP contribution < -0.4 is 11.1 Å². The van der Waals surface area contributed by atoms with E-state index in [-0.39, 0.29) is 5.91 Å². The highest BCUT2D eigenvalue weighted by Gasteiger charge is 2.53. The van der Waals surface area contributed by atoms with Crippen molar-refractivity contribution in [1.29, 1.82) is 0 Å². The second kappa shape index (κ2) is 5.04. The highest BCUT2D eigenvalue weighted by atomic mass is 16.1. The fraction of sp³-hybridized carbons (Fsp3) is 0.611. The zero-order valence-corrected chi connectivity index (χ0v) is 12.4. The van der Waals surface area contributed by atoms with E-state index < -0.39 is 0 Å². The Morgan fingerprint density at radius 3 is 2.90 bits per heavy atom. The molecule has 1 amide bonds. The summed E-state index contributed by atoms with van der Waals surface area (Å²) in [7, 11) is 0. The maximum absolute atomic E-state index is 12.3. The summed E-state index contributed by atoms with van der Waals surface area (Å²) in [5, 5.41) is 3.31. The molecular formula is C18H24N2O. The first-order valence-electron chi connectivity index (χ1n) is 8.34. The molecule has 1 aromatic rings. The third-order valence-corrected chi connectivity index (χ3v) is 6.09. The summed E-state index contributed by atoms with van der Waals surface area (Å²) in [6, 6.07) is 8.08. The summed E-state index contributed by atoms with van der Waals surface area (Å²) < 4.78 is 0.